The van der Waals surface area contributed by atoms with E-state index in [0.717, 1.165) is 0 Å². The largest absolute Gasteiger partial charge is 0.466 e. The maximum absolute atomic E-state index is 11.1. The van der Waals surface area contributed by atoms with Gasteiger partial charge in [-0.1, -0.05) is 29.8 Å². The number of hydrogen-bond donors (Lipinski definition) is 1. The Balaban J connectivity index is 2.32. The predicted octanol–water partition coefficient (Wildman–Crippen LogP) is 2.60. The summed E-state index contributed by atoms with van der Waals surface area (Å²) in [6.45, 7) is 7.08. The highest BCUT2D eigenvalue weighted by atomic mass is 16.5. The maximum atomic E-state index is 11.1. The second kappa shape index (κ2) is 7.07. The predicted molar refractivity (Wildman–Crippen MR) is 68.8 cm³/mol. The van der Waals surface area contributed by atoms with Crippen LogP contribution in [0.4, 0.5) is 0 Å². The van der Waals surface area contributed by atoms with Crippen LogP contribution in [0.25, 0.3) is 0 Å². The molecule has 17 heavy (non-hydrogen) atoms. The molecule has 0 fully saturated rings. The first-order valence-corrected chi connectivity index (χ1v) is 6.09. The van der Waals surface area contributed by atoms with Crippen molar-refractivity contribution in [1.29, 1.82) is 0 Å². The smallest absolute Gasteiger partial charge is 0.307 e. The molecular formula is C14H21NO2. The fourth-order valence-electron chi connectivity index (χ4n) is 1.60. The molecule has 0 bridgehead atoms. The molecule has 3 heteroatoms. The highest BCUT2D eigenvalue weighted by Crippen LogP contribution is 2.12. The third-order valence-electron chi connectivity index (χ3n) is 2.66. The van der Waals surface area contributed by atoms with Crippen LogP contribution in [0, 0.1) is 6.92 Å². The van der Waals surface area contributed by atoms with Gasteiger partial charge in [0.1, 0.15) is 0 Å². The van der Waals surface area contributed by atoms with Crippen LogP contribution in [0.3, 0.4) is 0 Å². The fourth-order valence-corrected chi connectivity index (χ4v) is 1.60. The summed E-state index contributed by atoms with van der Waals surface area (Å²) in [5.41, 5.74) is 2.49. The molecule has 0 radical (unpaired) electrons. The van der Waals surface area contributed by atoms with Crippen LogP contribution in [-0.2, 0) is 9.53 Å². The molecule has 0 aliphatic heterocycles. The molecule has 1 atom stereocenters. The quantitative estimate of drug-likeness (QED) is 0.770. The summed E-state index contributed by atoms with van der Waals surface area (Å²) in [5, 5.41) is 3.31. The van der Waals surface area contributed by atoms with Crippen molar-refractivity contribution in [2.24, 2.45) is 0 Å². The standard InChI is InChI=1S/C14H21NO2/c1-4-17-14(16)9-10-15-12(3)13-7-5-11(2)6-8-13/h5-8,12,15H,4,9-10H2,1-3H3. The lowest BCUT2D eigenvalue weighted by Crippen LogP contribution is -2.22. The number of hydrogen-bond acceptors (Lipinski definition) is 3. The second-order valence-electron chi connectivity index (χ2n) is 4.14. The van der Waals surface area contributed by atoms with Gasteiger partial charge in [-0.15, -0.1) is 0 Å². The third kappa shape index (κ3) is 5.00. The Morgan fingerprint density at radius 3 is 2.59 bits per heavy atom. The van der Waals surface area contributed by atoms with E-state index < -0.39 is 0 Å². The lowest BCUT2D eigenvalue weighted by Gasteiger charge is -2.14. The van der Waals surface area contributed by atoms with Crippen molar-refractivity contribution >= 4 is 5.97 Å². The summed E-state index contributed by atoms with van der Waals surface area (Å²) >= 11 is 0. The van der Waals surface area contributed by atoms with Crippen molar-refractivity contribution in [3.63, 3.8) is 0 Å². The zero-order valence-corrected chi connectivity index (χ0v) is 10.8. The molecule has 0 heterocycles. The average Bonchev–Trinajstić information content (AvgIpc) is 2.30. The van der Waals surface area contributed by atoms with Crippen molar-refractivity contribution in [2.75, 3.05) is 13.2 Å². The Morgan fingerprint density at radius 2 is 2.00 bits per heavy atom. The summed E-state index contributed by atoms with van der Waals surface area (Å²) in [6, 6.07) is 8.66. The number of esters is 1. The van der Waals surface area contributed by atoms with E-state index in [0.29, 0.717) is 19.6 Å². The van der Waals surface area contributed by atoms with E-state index in [-0.39, 0.29) is 12.0 Å². The van der Waals surface area contributed by atoms with Gasteiger partial charge < -0.3 is 10.1 Å². The van der Waals surface area contributed by atoms with Crippen molar-refractivity contribution in [3.05, 3.63) is 35.4 Å². The van der Waals surface area contributed by atoms with Gasteiger partial charge in [-0.05, 0) is 26.3 Å². The zero-order chi connectivity index (χ0) is 12.7. The average molecular weight is 235 g/mol. The lowest BCUT2D eigenvalue weighted by molar-refractivity contribution is -0.143. The van der Waals surface area contributed by atoms with Gasteiger partial charge in [0.25, 0.3) is 0 Å². The minimum atomic E-state index is -0.142. The van der Waals surface area contributed by atoms with E-state index in [9.17, 15) is 4.79 Å². The second-order valence-corrected chi connectivity index (χ2v) is 4.14. The molecule has 3 nitrogen and oxygen atoms in total. The molecule has 0 spiro atoms. The number of benzene rings is 1. The van der Waals surface area contributed by atoms with E-state index in [1.165, 1.54) is 11.1 Å². The van der Waals surface area contributed by atoms with Gasteiger partial charge in [-0.2, -0.15) is 0 Å². The van der Waals surface area contributed by atoms with Crippen molar-refractivity contribution in [3.8, 4) is 0 Å². The minimum absolute atomic E-state index is 0.142. The van der Waals surface area contributed by atoms with Gasteiger partial charge in [0.2, 0.25) is 0 Å². The summed E-state index contributed by atoms with van der Waals surface area (Å²) < 4.78 is 4.87. The van der Waals surface area contributed by atoms with Crippen LogP contribution >= 0.6 is 0 Å². The highest BCUT2D eigenvalue weighted by Gasteiger charge is 2.06. The Hall–Kier alpha value is -1.35. The first-order valence-electron chi connectivity index (χ1n) is 6.09. The molecule has 0 amide bonds. The first kappa shape index (κ1) is 13.7. The van der Waals surface area contributed by atoms with Crippen LogP contribution in [0.1, 0.15) is 37.4 Å². The molecule has 0 aromatic heterocycles. The minimum Gasteiger partial charge on any atom is -0.466 e. The zero-order valence-electron chi connectivity index (χ0n) is 10.8. The molecule has 0 aliphatic carbocycles. The molecule has 1 unspecified atom stereocenters. The van der Waals surface area contributed by atoms with Gasteiger partial charge in [0.05, 0.1) is 13.0 Å². The molecule has 0 aliphatic rings. The summed E-state index contributed by atoms with van der Waals surface area (Å²) in [7, 11) is 0. The molecule has 1 aromatic rings. The van der Waals surface area contributed by atoms with E-state index >= 15 is 0 Å². The molecule has 1 aromatic carbocycles. The Labute approximate surface area is 103 Å². The Kier molecular flexibility index (Phi) is 5.70. The van der Waals surface area contributed by atoms with Gasteiger partial charge in [0, 0.05) is 12.6 Å². The van der Waals surface area contributed by atoms with E-state index in [2.05, 4.69) is 43.4 Å². The summed E-state index contributed by atoms with van der Waals surface area (Å²) in [6.07, 6.45) is 0.421. The molecular weight excluding hydrogens is 214 g/mol. The van der Waals surface area contributed by atoms with Gasteiger partial charge >= 0.3 is 5.97 Å². The van der Waals surface area contributed by atoms with Crippen LogP contribution < -0.4 is 5.32 Å². The molecule has 1 rings (SSSR count). The van der Waals surface area contributed by atoms with Crippen LogP contribution in [0.2, 0.25) is 0 Å². The molecule has 94 valence electrons. The van der Waals surface area contributed by atoms with Crippen molar-refractivity contribution in [1.82, 2.24) is 5.32 Å². The molecule has 0 saturated heterocycles. The topological polar surface area (TPSA) is 38.3 Å². The highest BCUT2D eigenvalue weighted by molar-refractivity contribution is 5.69. The van der Waals surface area contributed by atoms with Crippen LogP contribution in [0.15, 0.2) is 24.3 Å². The summed E-state index contributed by atoms with van der Waals surface area (Å²) in [4.78, 5) is 11.1. The van der Waals surface area contributed by atoms with Gasteiger partial charge in [-0.25, -0.2) is 0 Å². The monoisotopic (exact) mass is 235 g/mol. The number of rotatable bonds is 6. The Morgan fingerprint density at radius 1 is 1.35 bits per heavy atom. The fraction of sp³-hybridized carbons (Fsp3) is 0.500. The number of ether oxygens (including phenoxy) is 1. The van der Waals surface area contributed by atoms with E-state index in [1.807, 2.05) is 6.92 Å². The van der Waals surface area contributed by atoms with Crippen LogP contribution in [0.5, 0.6) is 0 Å². The van der Waals surface area contributed by atoms with E-state index in [1.54, 1.807) is 0 Å². The number of aryl methyl sites for hydroxylation is 1. The van der Waals surface area contributed by atoms with Crippen molar-refractivity contribution < 1.29 is 9.53 Å². The maximum Gasteiger partial charge on any atom is 0.307 e. The first-order chi connectivity index (χ1) is 8.13. The number of carbonyl (C=O) groups excluding carboxylic acids is 1. The van der Waals surface area contributed by atoms with Crippen LogP contribution in [-0.4, -0.2) is 19.1 Å². The SMILES string of the molecule is CCOC(=O)CCNC(C)c1ccc(C)cc1. The number of carbonyl (C=O) groups is 1. The summed E-state index contributed by atoms with van der Waals surface area (Å²) in [5.74, 6) is -0.142. The normalized spacial score (nSPS) is 12.2. The molecule has 1 N–H and O–H groups in total. The number of nitrogens with one attached hydrogen (secondary N) is 1. The van der Waals surface area contributed by atoms with Gasteiger partial charge in [-0.3, -0.25) is 4.79 Å². The van der Waals surface area contributed by atoms with Gasteiger partial charge in [0.15, 0.2) is 0 Å². The lowest BCUT2D eigenvalue weighted by atomic mass is 10.1. The van der Waals surface area contributed by atoms with Crippen molar-refractivity contribution in [2.45, 2.75) is 33.2 Å². The van der Waals surface area contributed by atoms with E-state index in [4.69, 9.17) is 4.74 Å². The molecule has 0 saturated carbocycles. The third-order valence-corrected chi connectivity index (χ3v) is 2.66. The Bertz CT molecular complexity index is 346.